The lowest BCUT2D eigenvalue weighted by Crippen LogP contribution is -2.35. The van der Waals surface area contributed by atoms with E-state index in [2.05, 4.69) is 22.3 Å². The third kappa shape index (κ3) is 6.56. The maximum absolute atomic E-state index is 11.2. The maximum Gasteiger partial charge on any atom is 0.335 e. The molecule has 1 aliphatic heterocycles. The molecule has 2 amide bonds. The van der Waals surface area contributed by atoms with Gasteiger partial charge in [0.25, 0.3) is 0 Å². The Morgan fingerprint density at radius 2 is 1.68 bits per heavy atom. The molecular formula is C29H31N3O6. The van der Waals surface area contributed by atoms with Crippen molar-refractivity contribution >= 4 is 18.3 Å². The summed E-state index contributed by atoms with van der Waals surface area (Å²) in [6.45, 7) is 4.27. The smallest absolute Gasteiger partial charge is 0.335 e. The van der Waals surface area contributed by atoms with E-state index in [0.29, 0.717) is 17.5 Å². The lowest BCUT2D eigenvalue weighted by Gasteiger charge is -2.26. The number of phenolic OH excluding ortho intramolecular Hbond substituents is 1. The number of carbonyl (C=O) groups is 3. The Hall–Kier alpha value is -4.21. The first kappa shape index (κ1) is 26.8. The molecule has 9 nitrogen and oxygen atoms in total. The van der Waals surface area contributed by atoms with E-state index in [1.807, 2.05) is 12.1 Å². The van der Waals surface area contributed by atoms with Gasteiger partial charge in [-0.25, -0.2) is 4.79 Å². The summed E-state index contributed by atoms with van der Waals surface area (Å²) in [4.78, 5) is 34.6. The second kappa shape index (κ2) is 11.9. The number of nitrogens with zero attached hydrogens (tertiary/aromatic N) is 1. The summed E-state index contributed by atoms with van der Waals surface area (Å²) in [7, 11) is 0. The fourth-order valence-corrected chi connectivity index (χ4v) is 4.47. The van der Waals surface area contributed by atoms with E-state index in [1.54, 1.807) is 36.4 Å². The van der Waals surface area contributed by atoms with Gasteiger partial charge in [0.1, 0.15) is 5.75 Å². The number of phenols is 1. The monoisotopic (exact) mass is 517 g/mol. The molecule has 1 aliphatic carbocycles. The Bertz CT molecular complexity index is 1300. The molecule has 0 spiro atoms. The summed E-state index contributed by atoms with van der Waals surface area (Å²) >= 11 is 0. The predicted octanol–water partition coefficient (Wildman–Crippen LogP) is 3.11. The van der Waals surface area contributed by atoms with Crippen LogP contribution >= 0.6 is 0 Å². The van der Waals surface area contributed by atoms with E-state index in [0.717, 1.165) is 56.8 Å². The first-order valence-corrected chi connectivity index (χ1v) is 12.4. The van der Waals surface area contributed by atoms with Crippen molar-refractivity contribution in [2.45, 2.75) is 24.9 Å². The molecule has 0 radical (unpaired) electrons. The molecule has 0 aromatic heterocycles. The molecule has 1 saturated carbocycles. The number of hydrogen-bond acceptors (Lipinski definition) is 6. The van der Waals surface area contributed by atoms with E-state index in [4.69, 9.17) is 15.6 Å². The molecule has 0 bridgehead atoms. The van der Waals surface area contributed by atoms with Crippen LogP contribution in [0.25, 0.3) is 11.1 Å². The number of carboxylic acid groups (broad SMARTS) is 1. The number of rotatable bonds is 8. The summed E-state index contributed by atoms with van der Waals surface area (Å²) < 4.78 is 5.36. The molecule has 9 heteroatoms. The molecule has 0 atom stereocenters. The molecule has 2 fully saturated rings. The minimum Gasteiger partial charge on any atom is -0.507 e. The van der Waals surface area contributed by atoms with Gasteiger partial charge >= 0.3 is 5.97 Å². The standard InChI is InChI=1S/C18H20N2O3.C11H11NO3/c19-18(22)15-4-5-16(17(21)11-15)14-3-1-2-13(10-14)12-20-6-8-23-9-7-20;13-7-12-11(5-6-11)9-3-1-8(2-4-9)10(14)15/h1-5,10-11,21H,6-9,12H2,(H2,19,22);1-4,7H,5-6H2,(H,12,13)(H,14,15). The van der Waals surface area contributed by atoms with Crippen LogP contribution in [-0.4, -0.2) is 59.7 Å². The van der Waals surface area contributed by atoms with Crippen molar-refractivity contribution in [3.8, 4) is 16.9 Å². The van der Waals surface area contributed by atoms with Crippen molar-refractivity contribution in [3.05, 3.63) is 89.0 Å². The molecule has 3 aromatic rings. The zero-order chi connectivity index (χ0) is 27.1. The Labute approximate surface area is 220 Å². The van der Waals surface area contributed by atoms with Crippen LogP contribution in [0.5, 0.6) is 5.75 Å². The highest BCUT2D eigenvalue weighted by Crippen LogP contribution is 2.45. The van der Waals surface area contributed by atoms with Gasteiger partial charge in [-0.3, -0.25) is 14.5 Å². The Morgan fingerprint density at radius 1 is 1.00 bits per heavy atom. The zero-order valence-electron chi connectivity index (χ0n) is 20.9. The minimum absolute atomic E-state index is 0.0600. The van der Waals surface area contributed by atoms with Crippen molar-refractivity contribution in [1.29, 1.82) is 0 Å². The average molecular weight is 518 g/mol. The molecule has 5 N–H and O–H groups in total. The van der Waals surface area contributed by atoms with Gasteiger partial charge in [-0.2, -0.15) is 0 Å². The molecule has 38 heavy (non-hydrogen) atoms. The van der Waals surface area contributed by atoms with Gasteiger partial charge in [0.15, 0.2) is 0 Å². The number of carbonyl (C=O) groups excluding carboxylic acids is 2. The number of amides is 2. The minimum atomic E-state index is -0.935. The van der Waals surface area contributed by atoms with Crippen molar-refractivity contribution in [1.82, 2.24) is 10.2 Å². The Balaban J connectivity index is 0.000000194. The molecular weight excluding hydrogens is 486 g/mol. The summed E-state index contributed by atoms with van der Waals surface area (Å²) in [5.74, 6) is -1.42. The largest absolute Gasteiger partial charge is 0.507 e. The number of nitrogens with one attached hydrogen (secondary N) is 1. The summed E-state index contributed by atoms with van der Waals surface area (Å²) in [6.07, 6.45) is 2.52. The molecule has 1 heterocycles. The fraction of sp³-hybridized carbons (Fsp3) is 0.276. The van der Waals surface area contributed by atoms with Crippen LogP contribution in [-0.2, 0) is 21.6 Å². The number of nitrogens with two attached hydrogens (primary N) is 1. The zero-order valence-corrected chi connectivity index (χ0v) is 20.9. The molecule has 198 valence electrons. The number of ether oxygens (including phenoxy) is 1. The van der Waals surface area contributed by atoms with E-state index in [1.165, 1.54) is 11.6 Å². The summed E-state index contributed by atoms with van der Waals surface area (Å²) in [5.41, 5.74) is 9.33. The third-order valence-electron chi connectivity index (χ3n) is 6.80. The lowest BCUT2D eigenvalue weighted by atomic mass is 10.00. The molecule has 1 saturated heterocycles. The number of aromatic hydroxyl groups is 1. The number of benzene rings is 3. The van der Waals surface area contributed by atoms with E-state index in [-0.39, 0.29) is 16.9 Å². The van der Waals surface area contributed by atoms with Crippen LogP contribution in [0, 0.1) is 0 Å². The van der Waals surface area contributed by atoms with Gasteiger partial charge in [-0.15, -0.1) is 0 Å². The normalized spacial score (nSPS) is 16.0. The first-order chi connectivity index (χ1) is 18.3. The van der Waals surface area contributed by atoms with Crippen LogP contribution < -0.4 is 11.1 Å². The van der Waals surface area contributed by atoms with E-state index < -0.39 is 11.9 Å². The maximum atomic E-state index is 11.2. The van der Waals surface area contributed by atoms with Gasteiger partial charge in [0, 0.05) is 30.8 Å². The first-order valence-electron chi connectivity index (χ1n) is 12.4. The van der Waals surface area contributed by atoms with Crippen LogP contribution in [0.2, 0.25) is 0 Å². The second-order valence-corrected chi connectivity index (χ2v) is 9.41. The number of carboxylic acids is 1. The molecule has 2 aliphatic rings. The van der Waals surface area contributed by atoms with Gasteiger partial charge in [0.2, 0.25) is 12.3 Å². The van der Waals surface area contributed by atoms with Crippen molar-refractivity contribution in [2.75, 3.05) is 26.3 Å². The SMILES string of the molecule is NC(=O)c1ccc(-c2cccc(CN3CCOCC3)c2)c(O)c1.O=CNC1(c2ccc(C(=O)O)cc2)CC1. The highest BCUT2D eigenvalue weighted by atomic mass is 16.5. The Kier molecular flexibility index (Phi) is 8.40. The Morgan fingerprint density at radius 3 is 2.26 bits per heavy atom. The van der Waals surface area contributed by atoms with E-state index in [9.17, 15) is 19.5 Å². The topological polar surface area (TPSA) is 142 Å². The quantitative estimate of drug-likeness (QED) is 0.336. The van der Waals surface area contributed by atoms with E-state index >= 15 is 0 Å². The molecule has 0 unspecified atom stereocenters. The van der Waals surface area contributed by atoms with Crippen LogP contribution in [0.3, 0.4) is 0 Å². The van der Waals surface area contributed by atoms with Crippen molar-refractivity contribution in [2.24, 2.45) is 5.73 Å². The van der Waals surface area contributed by atoms with Gasteiger partial charge < -0.3 is 26.0 Å². The van der Waals surface area contributed by atoms with Crippen LogP contribution in [0.15, 0.2) is 66.7 Å². The summed E-state index contributed by atoms with van der Waals surface area (Å²) in [5, 5.41) is 21.7. The number of aromatic carboxylic acids is 1. The fourth-order valence-electron chi connectivity index (χ4n) is 4.47. The van der Waals surface area contributed by atoms with Gasteiger partial charge in [0.05, 0.1) is 24.3 Å². The number of primary amides is 1. The van der Waals surface area contributed by atoms with Crippen LogP contribution in [0.4, 0.5) is 0 Å². The van der Waals surface area contributed by atoms with Gasteiger partial charge in [-0.1, -0.05) is 30.3 Å². The average Bonchev–Trinajstić information content (AvgIpc) is 3.71. The molecule has 3 aromatic carbocycles. The van der Waals surface area contributed by atoms with Crippen molar-refractivity contribution < 1.29 is 29.3 Å². The molecule has 5 rings (SSSR count). The third-order valence-corrected chi connectivity index (χ3v) is 6.80. The summed E-state index contributed by atoms with van der Waals surface area (Å²) in [6, 6.07) is 19.5. The van der Waals surface area contributed by atoms with Crippen LogP contribution in [0.1, 0.15) is 44.7 Å². The predicted molar refractivity (Wildman–Crippen MR) is 142 cm³/mol. The highest BCUT2D eigenvalue weighted by molar-refractivity contribution is 5.94. The van der Waals surface area contributed by atoms with Crippen molar-refractivity contribution in [3.63, 3.8) is 0 Å². The number of morpholine rings is 1. The lowest BCUT2D eigenvalue weighted by molar-refractivity contribution is -0.110. The number of hydrogen-bond donors (Lipinski definition) is 4. The highest BCUT2D eigenvalue weighted by Gasteiger charge is 2.43. The second-order valence-electron chi connectivity index (χ2n) is 9.41. The van der Waals surface area contributed by atoms with Gasteiger partial charge in [-0.05, 0) is 65.9 Å².